The number of rotatable bonds is 3. The number of benzene rings is 3. The molecule has 0 bridgehead atoms. The van der Waals surface area contributed by atoms with E-state index in [1.54, 1.807) is 30.3 Å². The lowest BCUT2D eigenvalue weighted by molar-refractivity contribution is 0.279. The van der Waals surface area contributed by atoms with Crippen molar-refractivity contribution >= 4 is 21.7 Å². The molecule has 142 valence electrons. The number of fused-ring (bicyclic) bond motifs is 3. The van der Waals surface area contributed by atoms with E-state index < -0.39 is 46.9 Å². The molecular weight excluding hydrogens is 383 g/mol. The Kier molecular flexibility index (Phi) is 4.26. The van der Waals surface area contributed by atoms with Crippen LogP contribution in [0.2, 0.25) is 0 Å². The van der Waals surface area contributed by atoms with E-state index in [1.165, 1.54) is 12.1 Å². The molecule has 28 heavy (non-hydrogen) atoms. The highest BCUT2D eigenvalue weighted by atomic mass is 19.2. The summed E-state index contributed by atoms with van der Waals surface area (Å²) in [5, 5.41) is 1.61. The van der Waals surface area contributed by atoms with Crippen LogP contribution in [0.15, 0.2) is 51.7 Å². The normalized spacial score (nSPS) is 11.3. The Labute approximate surface area is 153 Å². The van der Waals surface area contributed by atoms with Crippen molar-refractivity contribution in [3.8, 4) is 5.75 Å². The molecule has 4 aromatic rings. The lowest BCUT2D eigenvalue weighted by Crippen LogP contribution is -2.09. The second-order valence-electron chi connectivity index (χ2n) is 5.93. The molecule has 0 atom stereocenters. The minimum absolute atomic E-state index is 0.0230. The molecule has 8 heteroatoms. The number of ether oxygens (including phenoxy) is 1. The quantitative estimate of drug-likeness (QED) is 0.158. The van der Waals surface area contributed by atoms with Crippen molar-refractivity contribution in [1.29, 1.82) is 0 Å². The molecule has 0 amide bonds. The molecule has 1 heterocycles. The highest BCUT2D eigenvalue weighted by Gasteiger charge is 2.26. The first-order valence-corrected chi connectivity index (χ1v) is 7.97. The van der Waals surface area contributed by atoms with Crippen LogP contribution >= 0.6 is 0 Å². The standard InChI is InChI=1S/C20H9F5O3/c21-15-13(16(22)18(24)19(25)17(15)23)8-27-9-5-6-11-10-3-1-2-4-12(10)20(26)28-14(11)7-9/h1-7H,8H2. The number of hydrogen-bond acceptors (Lipinski definition) is 3. The predicted octanol–water partition coefficient (Wildman–Crippen LogP) is 5.22. The van der Waals surface area contributed by atoms with Gasteiger partial charge in [-0.15, -0.1) is 0 Å². The molecule has 0 aliphatic heterocycles. The van der Waals surface area contributed by atoms with Crippen molar-refractivity contribution in [1.82, 2.24) is 0 Å². The molecule has 0 radical (unpaired) electrons. The maximum Gasteiger partial charge on any atom is 0.344 e. The Morgan fingerprint density at radius 3 is 2.04 bits per heavy atom. The highest BCUT2D eigenvalue weighted by Crippen LogP contribution is 2.28. The van der Waals surface area contributed by atoms with Gasteiger partial charge in [0.2, 0.25) is 5.82 Å². The number of halogens is 5. The largest absolute Gasteiger partial charge is 0.489 e. The molecule has 0 aliphatic rings. The van der Waals surface area contributed by atoms with Gasteiger partial charge in [-0.05, 0) is 23.6 Å². The van der Waals surface area contributed by atoms with Gasteiger partial charge in [0.05, 0.1) is 10.9 Å². The summed E-state index contributed by atoms with van der Waals surface area (Å²) in [5.74, 6) is -10.2. The third-order valence-electron chi connectivity index (χ3n) is 4.28. The molecule has 4 rings (SSSR count). The van der Waals surface area contributed by atoms with Crippen LogP contribution in [-0.4, -0.2) is 0 Å². The summed E-state index contributed by atoms with van der Waals surface area (Å²) in [6, 6.07) is 11.1. The van der Waals surface area contributed by atoms with Crippen molar-refractivity contribution in [2.24, 2.45) is 0 Å². The lowest BCUT2D eigenvalue weighted by atomic mass is 10.1. The van der Waals surface area contributed by atoms with Crippen LogP contribution in [0.5, 0.6) is 5.75 Å². The van der Waals surface area contributed by atoms with E-state index in [1.807, 2.05) is 0 Å². The molecule has 0 aliphatic carbocycles. The minimum Gasteiger partial charge on any atom is -0.489 e. The summed E-state index contributed by atoms with van der Waals surface area (Å²) in [4.78, 5) is 12.1. The van der Waals surface area contributed by atoms with E-state index in [0.717, 1.165) is 0 Å². The molecule has 0 fully saturated rings. The van der Waals surface area contributed by atoms with Gasteiger partial charge in [-0.1, -0.05) is 18.2 Å². The van der Waals surface area contributed by atoms with E-state index in [0.29, 0.717) is 16.2 Å². The topological polar surface area (TPSA) is 39.4 Å². The zero-order valence-electron chi connectivity index (χ0n) is 13.9. The van der Waals surface area contributed by atoms with E-state index in [2.05, 4.69) is 0 Å². The Hall–Kier alpha value is -3.42. The molecule has 0 spiro atoms. The molecule has 3 aromatic carbocycles. The van der Waals surface area contributed by atoms with Gasteiger partial charge in [0.1, 0.15) is 17.9 Å². The van der Waals surface area contributed by atoms with Crippen LogP contribution in [0.1, 0.15) is 5.56 Å². The van der Waals surface area contributed by atoms with Gasteiger partial charge in [-0.3, -0.25) is 0 Å². The first-order chi connectivity index (χ1) is 13.4. The second kappa shape index (κ2) is 6.63. The molecule has 3 nitrogen and oxygen atoms in total. The van der Waals surface area contributed by atoms with Crippen molar-refractivity contribution < 1.29 is 31.1 Å². The summed E-state index contributed by atoms with van der Waals surface area (Å²) in [6.07, 6.45) is 0. The summed E-state index contributed by atoms with van der Waals surface area (Å²) < 4.78 is 77.4. The van der Waals surface area contributed by atoms with Crippen molar-refractivity contribution in [3.63, 3.8) is 0 Å². The minimum atomic E-state index is -2.24. The fourth-order valence-corrected chi connectivity index (χ4v) is 2.88. The summed E-state index contributed by atoms with van der Waals surface area (Å²) in [6.45, 7) is -0.908. The Balaban J connectivity index is 1.72. The molecule has 0 N–H and O–H groups in total. The number of hydrogen-bond donors (Lipinski definition) is 0. The SMILES string of the molecule is O=c1oc2cc(OCc3c(F)c(F)c(F)c(F)c3F)ccc2c2ccccc12. The third-order valence-corrected chi connectivity index (χ3v) is 4.28. The van der Waals surface area contributed by atoms with Crippen LogP contribution in [-0.2, 0) is 6.61 Å². The van der Waals surface area contributed by atoms with E-state index in [9.17, 15) is 26.7 Å². The van der Waals surface area contributed by atoms with Crippen LogP contribution in [0.3, 0.4) is 0 Å². The first-order valence-electron chi connectivity index (χ1n) is 7.97. The monoisotopic (exact) mass is 392 g/mol. The van der Waals surface area contributed by atoms with Gasteiger partial charge in [0, 0.05) is 11.5 Å². The highest BCUT2D eigenvalue weighted by molar-refractivity contribution is 6.04. The van der Waals surface area contributed by atoms with Gasteiger partial charge in [-0.2, -0.15) is 0 Å². The fourth-order valence-electron chi connectivity index (χ4n) is 2.88. The molecular formula is C20H9F5O3. The fraction of sp³-hybridized carbons (Fsp3) is 0.0500. The van der Waals surface area contributed by atoms with Gasteiger partial charge in [-0.25, -0.2) is 26.7 Å². The molecule has 0 saturated carbocycles. The summed E-state index contributed by atoms with van der Waals surface area (Å²) in [5.41, 5.74) is -1.53. The Morgan fingerprint density at radius 2 is 1.36 bits per heavy atom. The van der Waals surface area contributed by atoms with Gasteiger partial charge >= 0.3 is 5.63 Å². The summed E-state index contributed by atoms with van der Waals surface area (Å²) in [7, 11) is 0. The Morgan fingerprint density at radius 1 is 0.750 bits per heavy atom. The van der Waals surface area contributed by atoms with E-state index in [-0.39, 0.29) is 11.3 Å². The maximum atomic E-state index is 13.7. The smallest absolute Gasteiger partial charge is 0.344 e. The first kappa shape index (κ1) is 18.0. The second-order valence-corrected chi connectivity index (χ2v) is 5.93. The predicted molar refractivity (Wildman–Crippen MR) is 90.6 cm³/mol. The van der Waals surface area contributed by atoms with Gasteiger partial charge in [0.25, 0.3) is 0 Å². The van der Waals surface area contributed by atoms with Crippen LogP contribution in [0.25, 0.3) is 21.7 Å². The van der Waals surface area contributed by atoms with Crippen molar-refractivity contribution in [3.05, 3.63) is 87.5 Å². The van der Waals surface area contributed by atoms with Crippen LogP contribution in [0, 0.1) is 29.1 Å². The van der Waals surface area contributed by atoms with Gasteiger partial charge < -0.3 is 9.15 Å². The zero-order chi connectivity index (χ0) is 20.0. The lowest BCUT2D eigenvalue weighted by Gasteiger charge is -2.11. The summed E-state index contributed by atoms with van der Waals surface area (Å²) >= 11 is 0. The molecule has 0 saturated heterocycles. The average molecular weight is 392 g/mol. The van der Waals surface area contributed by atoms with Crippen LogP contribution in [0.4, 0.5) is 22.0 Å². The molecule has 1 aromatic heterocycles. The average Bonchev–Trinajstić information content (AvgIpc) is 2.71. The third kappa shape index (κ3) is 2.77. The van der Waals surface area contributed by atoms with E-state index >= 15 is 0 Å². The van der Waals surface area contributed by atoms with Gasteiger partial charge in [0.15, 0.2) is 23.3 Å². The van der Waals surface area contributed by atoms with Crippen LogP contribution < -0.4 is 10.4 Å². The molecule has 0 unspecified atom stereocenters. The zero-order valence-corrected chi connectivity index (χ0v) is 13.9. The van der Waals surface area contributed by atoms with E-state index in [4.69, 9.17) is 9.15 Å². The Bertz CT molecular complexity index is 1270. The maximum absolute atomic E-state index is 13.7. The van der Waals surface area contributed by atoms with Crippen molar-refractivity contribution in [2.75, 3.05) is 0 Å². The van der Waals surface area contributed by atoms with Crippen molar-refractivity contribution in [2.45, 2.75) is 6.61 Å².